The number of ether oxygens (including phenoxy) is 2. The fourth-order valence-electron chi connectivity index (χ4n) is 5.85. The Labute approximate surface area is 236 Å². The Hall–Kier alpha value is -4.22. The van der Waals surface area contributed by atoms with E-state index in [1.165, 1.54) is 7.11 Å². The molecule has 204 valence electrons. The lowest BCUT2D eigenvalue weighted by Gasteiger charge is -2.47. The zero-order chi connectivity index (χ0) is 28.3. The number of carbonyl (C=O) groups excluding carboxylic acids is 2. The van der Waals surface area contributed by atoms with Crippen LogP contribution in [0.15, 0.2) is 109 Å². The van der Waals surface area contributed by atoms with Crippen molar-refractivity contribution in [3.05, 3.63) is 131 Å². The van der Waals surface area contributed by atoms with Gasteiger partial charge in [0.15, 0.2) is 0 Å². The molecule has 0 aliphatic heterocycles. The molecule has 40 heavy (non-hydrogen) atoms. The van der Waals surface area contributed by atoms with Crippen LogP contribution < -0.4 is 0 Å². The Morgan fingerprint density at radius 2 is 1.25 bits per heavy atom. The first-order chi connectivity index (χ1) is 19.3. The summed E-state index contributed by atoms with van der Waals surface area (Å²) in [6, 6.07) is 36.0. The van der Waals surface area contributed by atoms with E-state index in [9.17, 15) is 9.59 Å². The first-order valence-electron chi connectivity index (χ1n) is 13.6. The van der Waals surface area contributed by atoms with Crippen LogP contribution in [-0.4, -0.2) is 35.6 Å². The van der Waals surface area contributed by atoms with Gasteiger partial charge in [-0.3, -0.25) is 14.5 Å². The molecule has 4 aromatic rings. The van der Waals surface area contributed by atoms with E-state index in [0.717, 1.165) is 33.4 Å². The summed E-state index contributed by atoms with van der Waals surface area (Å²) in [6.45, 7) is 5.91. The highest BCUT2D eigenvalue weighted by Crippen LogP contribution is 2.55. The van der Waals surface area contributed by atoms with Crippen LogP contribution in [0.4, 0.5) is 0 Å². The first-order valence-corrected chi connectivity index (χ1v) is 13.6. The van der Waals surface area contributed by atoms with Gasteiger partial charge in [0, 0.05) is 6.54 Å². The lowest BCUT2D eigenvalue weighted by atomic mass is 9.77. The molecule has 5 heteroatoms. The second-order valence-corrected chi connectivity index (χ2v) is 11.1. The van der Waals surface area contributed by atoms with E-state index in [1.807, 2.05) is 93.6 Å². The normalized spacial score (nSPS) is 14.2. The van der Waals surface area contributed by atoms with Gasteiger partial charge in [-0.15, -0.1) is 0 Å². The maximum atomic E-state index is 14.1. The molecule has 1 aliphatic rings. The average molecular weight is 534 g/mol. The van der Waals surface area contributed by atoms with Gasteiger partial charge in [0.25, 0.3) is 0 Å². The smallest absolute Gasteiger partial charge is 0.324 e. The van der Waals surface area contributed by atoms with Crippen molar-refractivity contribution in [3.63, 3.8) is 0 Å². The molecule has 0 saturated heterocycles. The summed E-state index contributed by atoms with van der Waals surface area (Å²) in [5.74, 6) is -0.942. The van der Waals surface area contributed by atoms with E-state index in [0.29, 0.717) is 6.54 Å². The van der Waals surface area contributed by atoms with Crippen LogP contribution in [0, 0.1) is 0 Å². The van der Waals surface area contributed by atoms with Gasteiger partial charge in [-0.05, 0) is 54.2 Å². The van der Waals surface area contributed by atoms with E-state index < -0.39 is 29.1 Å². The van der Waals surface area contributed by atoms with E-state index >= 15 is 0 Å². The molecule has 1 aliphatic carbocycles. The SMILES string of the molecule is COC(=O)C[C@@H](C(=O)OC(C)(C)C)N(Cc1ccccc1)C1(c2ccccc2)c2ccccc2-c2ccccc21. The molecule has 0 N–H and O–H groups in total. The standard InChI is InChI=1S/C35H35NO4/c1-34(2,3)40-33(38)31(23-32(37)39-4)36(24-25-15-7-5-8-16-25)35(26-17-9-6-10-18-26)29-21-13-11-19-27(29)28-20-12-14-22-30(28)35/h5-22,31H,23-24H2,1-4H3/t31-/m0/s1. The minimum absolute atomic E-state index is 0.156. The Bertz CT molecular complexity index is 1450. The lowest BCUT2D eigenvalue weighted by Crippen LogP contribution is -2.56. The summed E-state index contributed by atoms with van der Waals surface area (Å²) < 4.78 is 11.1. The minimum Gasteiger partial charge on any atom is -0.469 e. The second-order valence-electron chi connectivity index (χ2n) is 11.1. The first kappa shape index (κ1) is 27.4. The molecule has 5 nitrogen and oxygen atoms in total. The number of esters is 2. The van der Waals surface area contributed by atoms with E-state index in [4.69, 9.17) is 9.47 Å². The highest BCUT2D eigenvalue weighted by atomic mass is 16.6. The summed E-state index contributed by atoms with van der Waals surface area (Å²) in [7, 11) is 1.35. The predicted molar refractivity (Wildman–Crippen MR) is 156 cm³/mol. The van der Waals surface area contributed by atoms with Crippen LogP contribution >= 0.6 is 0 Å². The molecule has 0 bridgehead atoms. The fraction of sp³-hybridized carbons (Fsp3) is 0.257. The Kier molecular flexibility index (Phi) is 7.59. The van der Waals surface area contributed by atoms with Gasteiger partial charge in [0.05, 0.1) is 19.1 Å². The molecule has 0 saturated carbocycles. The molecule has 0 aromatic heterocycles. The number of hydrogen-bond acceptors (Lipinski definition) is 5. The van der Waals surface area contributed by atoms with Gasteiger partial charge in [-0.1, -0.05) is 109 Å². The van der Waals surface area contributed by atoms with E-state index in [-0.39, 0.29) is 6.42 Å². The van der Waals surface area contributed by atoms with Gasteiger partial charge >= 0.3 is 11.9 Å². The topological polar surface area (TPSA) is 55.8 Å². The lowest BCUT2D eigenvalue weighted by molar-refractivity contribution is -0.167. The monoisotopic (exact) mass is 533 g/mol. The quantitative estimate of drug-likeness (QED) is 0.235. The van der Waals surface area contributed by atoms with Crippen molar-refractivity contribution in [1.82, 2.24) is 4.90 Å². The Morgan fingerprint density at radius 1 is 0.750 bits per heavy atom. The second kappa shape index (κ2) is 11.1. The summed E-state index contributed by atoms with van der Waals surface area (Å²) in [5.41, 5.74) is 4.69. The van der Waals surface area contributed by atoms with Crippen LogP contribution in [0.3, 0.4) is 0 Å². The largest absolute Gasteiger partial charge is 0.469 e. The van der Waals surface area contributed by atoms with Gasteiger partial charge < -0.3 is 9.47 Å². The van der Waals surface area contributed by atoms with Crippen molar-refractivity contribution in [3.8, 4) is 11.1 Å². The molecule has 0 fully saturated rings. The minimum atomic E-state index is -0.939. The number of rotatable bonds is 8. The van der Waals surface area contributed by atoms with Crippen LogP contribution in [0.2, 0.25) is 0 Å². The van der Waals surface area contributed by atoms with Gasteiger partial charge in [-0.2, -0.15) is 0 Å². The highest BCUT2D eigenvalue weighted by Gasteiger charge is 2.53. The summed E-state index contributed by atoms with van der Waals surface area (Å²) >= 11 is 0. The van der Waals surface area contributed by atoms with E-state index in [2.05, 4.69) is 41.3 Å². The Morgan fingerprint density at radius 3 is 1.77 bits per heavy atom. The maximum Gasteiger partial charge on any atom is 0.324 e. The van der Waals surface area contributed by atoms with Crippen LogP contribution in [0.25, 0.3) is 11.1 Å². The van der Waals surface area contributed by atoms with Crippen LogP contribution in [0.5, 0.6) is 0 Å². The molecule has 0 spiro atoms. The molecule has 5 rings (SSSR count). The highest BCUT2D eigenvalue weighted by molar-refractivity contribution is 5.86. The van der Waals surface area contributed by atoms with Gasteiger partial charge in [0.1, 0.15) is 11.6 Å². The summed E-state index contributed by atoms with van der Waals surface area (Å²) in [4.78, 5) is 29.2. The summed E-state index contributed by atoms with van der Waals surface area (Å²) in [6.07, 6.45) is -0.156. The number of nitrogens with zero attached hydrogens (tertiary/aromatic N) is 1. The van der Waals surface area contributed by atoms with Crippen molar-refractivity contribution in [2.75, 3.05) is 7.11 Å². The molecule has 0 unspecified atom stereocenters. The number of fused-ring (bicyclic) bond motifs is 3. The Balaban J connectivity index is 1.85. The van der Waals surface area contributed by atoms with Gasteiger partial charge in [0.2, 0.25) is 0 Å². The molecule has 1 atom stereocenters. The molecule has 4 aromatic carbocycles. The summed E-state index contributed by atoms with van der Waals surface area (Å²) in [5, 5.41) is 0. The van der Waals surface area contributed by atoms with Crippen molar-refractivity contribution in [2.45, 2.75) is 50.9 Å². The molecular formula is C35H35NO4. The third-order valence-corrected chi connectivity index (χ3v) is 7.38. The number of benzene rings is 4. The number of hydrogen-bond donors (Lipinski definition) is 0. The molecule has 0 heterocycles. The predicted octanol–water partition coefficient (Wildman–Crippen LogP) is 6.73. The number of carbonyl (C=O) groups is 2. The number of methoxy groups -OCH3 is 1. The average Bonchev–Trinajstić information content (AvgIpc) is 3.26. The van der Waals surface area contributed by atoms with Crippen molar-refractivity contribution < 1.29 is 19.1 Å². The molecule has 0 radical (unpaired) electrons. The molecular weight excluding hydrogens is 498 g/mol. The van der Waals surface area contributed by atoms with Crippen molar-refractivity contribution >= 4 is 11.9 Å². The van der Waals surface area contributed by atoms with Gasteiger partial charge in [-0.25, -0.2) is 0 Å². The zero-order valence-electron chi connectivity index (χ0n) is 23.5. The van der Waals surface area contributed by atoms with Crippen LogP contribution in [-0.2, 0) is 31.1 Å². The molecule has 0 amide bonds. The fourth-order valence-corrected chi connectivity index (χ4v) is 5.85. The van der Waals surface area contributed by atoms with Crippen molar-refractivity contribution in [1.29, 1.82) is 0 Å². The van der Waals surface area contributed by atoms with Crippen molar-refractivity contribution in [2.24, 2.45) is 0 Å². The van der Waals surface area contributed by atoms with E-state index in [1.54, 1.807) is 0 Å². The third-order valence-electron chi connectivity index (χ3n) is 7.38. The zero-order valence-corrected chi connectivity index (χ0v) is 23.5. The maximum absolute atomic E-state index is 14.1. The van der Waals surface area contributed by atoms with Crippen LogP contribution in [0.1, 0.15) is 49.4 Å². The third kappa shape index (κ3) is 5.05.